The first-order chi connectivity index (χ1) is 9.72. The second-order valence-corrected chi connectivity index (χ2v) is 5.07. The second-order valence-electron chi connectivity index (χ2n) is 4.27. The fraction of sp³-hybridized carbons (Fsp3) is 0.0625. The monoisotopic (exact) mass is 330 g/mol. The SMILES string of the molecule is COc1ccccc1-c1c(Br)c(=O)oc2ccccc12. The fourth-order valence-corrected chi connectivity index (χ4v) is 2.75. The van der Waals surface area contributed by atoms with Gasteiger partial charge in [0.25, 0.3) is 0 Å². The summed E-state index contributed by atoms with van der Waals surface area (Å²) in [7, 11) is 1.61. The summed E-state index contributed by atoms with van der Waals surface area (Å²) in [5.41, 5.74) is 1.80. The molecule has 0 aliphatic rings. The summed E-state index contributed by atoms with van der Waals surface area (Å²) in [4.78, 5) is 12.0. The number of hydrogen-bond acceptors (Lipinski definition) is 3. The Labute approximate surface area is 123 Å². The molecule has 0 unspecified atom stereocenters. The third kappa shape index (κ3) is 2.02. The van der Waals surface area contributed by atoms with Gasteiger partial charge in [0.1, 0.15) is 15.8 Å². The van der Waals surface area contributed by atoms with Gasteiger partial charge in [0, 0.05) is 16.5 Å². The van der Waals surface area contributed by atoms with Crippen molar-refractivity contribution in [3.63, 3.8) is 0 Å². The van der Waals surface area contributed by atoms with Crippen molar-refractivity contribution < 1.29 is 9.15 Å². The lowest BCUT2D eigenvalue weighted by Gasteiger charge is -2.11. The average Bonchev–Trinajstić information content (AvgIpc) is 2.49. The van der Waals surface area contributed by atoms with E-state index in [1.807, 2.05) is 42.5 Å². The first-order valence-electron chi connectivity index (χ1n) is 6.07. The summed E-state index contributed by atoms with van der Waals surface area (Å²) in [6.07, 6.45) is 0. The normalized spacial score (nSPS) is 10.7. The summed E-state index contributed by atoms with van der Waals surface area (Å²) >= 11 is 3.34. The van der Waals surface area contributed by atoms with Gasteiger partial charge in [-0.05, 0) is 28.1 Å². The van der Waals surface area contributed by atoms with Crippen molar-refractivity contribution in [3.8, 4) is 16.9 Å². The second kappa shape index (κ2) is 5.13. The van der Waals surface area contributed by atoms with Gasteiger partial charge in [-0.3, -0.25) is 0 Å². The zero-order chi connectivity index (χ0) is 14.1. The molecule has 20 heavy (non-hydrogen) atoms. The van der Waals surface area contributed by atoms with E-state index in [0.717, 1.165) is 16.5 Å². The van der Waals surface area contributed by atoms with Crippen molar-refractivity contribution in [2.75, 3.05) is 7.11 Å². The summed E-state index contributed by atoms with van der Waals surface area (Å²) in [5, 5.41) is 0.864. The number of ether oxygens (including phenoxy) is 1. The lowest BCUT2D eigenvalue weighted by Crippen LogP contribution is -2.03. The van der Waals surface area contributed by atoms with Crippen LogP contribution in [0.2, 0.25) is 0 Å². The molecule has 0 amide bonds. The Balaban J connectivity index is 2.47. The minimum absolute atomic E-state index is 0.399. The zero-order valence-corrected chi connectivity index (χ0v) is 12.3. The lowest BCUT2D eigenvalue weighted by atomic mass is 10.0. The Hall–Kier alpha value is -2.07. The van der Waals surface area contributed by atoms with E-state index < -0.39 is 5.63 Å². The standard InChI is InChI=1S/C16H11BrO3/c1-19-12-8-4-2-6-10(12)14-11-7-3-5-9-13(11)20-16(18)15(14)17/h2-9H,1H3. The van der Waals surface area contributed by atoms with E-state index in [1.54, 1.807) is 13.2 Å². The van der Waals surface area contributed by atoms with Crippen LogP contribution in [0.15, 0.2) is 62.2 Å². The van der Waals surface area contributed by atoms with Gasteiger partial charge >= 0.3 is 5.63 Å². The molecule has 3 rings (SSSR count). The molecule has 0 aliphatic heterocycles. The van der Waals surface area contributed by atoms with Crippen LogP contribution in [0.3, 0.4) is 0 Å². The van der Waals surface area contributed by atoms with Crippen LogP contribution in [0.4, 0.5) is 0 Å². The molecule has 3 aromatic rings. The molecule has 0 saturated heterocycles. The van der Waals surface area contributed by atoms with Crippen LogP contribution >= 0.6 is 15.9 Å². The minimum Gasteiger partial charge on any atom is -0.496 e. The molecular formula is C16H11BrO3. The van der Waals surface area contributed by atoms with Gasteiger partial charge in [0.15, 0.2) is 0 Å². The molecule has 2 aromatic carbocycles. The van der Waals surface area contributed by atoms with Crippen molar-refractivity contribution in [2.24, 2.45) is 0 Å². The molecular weight excluding hydrogens is 320 g/mol. The lowest BCUT2D eigenvalue weighted by molar-refractivity contribution is 0.416. The highest BCUT2D eigenvalue weighted by molar-refractivity contribution is 9.10. The van der Waals surface area contributed by atoms with Crippen molar-refractivity contribution in [3.05, 3.63) is 63.4 Å². The van der Waals surface area contributed by atoms with E-state index in [0.29, 0.717) is 15.8 Å². The van der Waals surface area contributed by atoms with Crippen LogP contribution in [0.1, 0.15) is 0 Å². The van der Waals surface area contributed by atoms with Crippen molar-refractivity contribution >= 4 is 26.9 Å². The van der Waals surface area contributed by atoms with Gasteiger partial charge < -0.3 is 9.15 Å². The Morgan fingerprint density at radius 1 is 1.05 bits per heavy atom. The van der Waals surface area contributed by atoms with Gasteiger partial charge in [-0.15, -0.1) is 0 Å². The molecule has 100 valence electrons. The van der Waals surface area contributed by atoms with Crippen molar-refractivity contribution in [1.82, 2.24) is 0 Å². The maximum absolute atomic E-state index is 12.0. The predicted molar refractivity (Wildman–Crippen MR) is 82.2 cm³/mol. The Bertz CT molecular complexity index is 836. The van der Waals surface area contributed by atoms with E-state index >= 15 is 0 Å². The highest BCUT2D eigenvalue weighted by atomic mass is 79.9. The Kier molecular flexibility index (Phi) is 3.32. The van der Waals surface area contributed by atoms with Crippen LogP contribution in [-0.2, 0) is 0 Å². The topological polar surface area (TPSA) is 39.4 Å². The number of rotatable bonds is 2. The van der Waals surface area contributed by atoms with Crippen LogP contribution < -0.4 is 10.4 Å². The van der Waals surface area contributed by atoms with E-state index in [2.05, 4.69) is 15.9 Å². The maximum Gasteiger partial charge on any atom is 0.351 e. The number of hydrogen-bond donors (Lipinski definition) is 0. The number of benzene rings is 2. The van der Waals surface area contributed by atoms with Gasteiger partial charge in [-0.25, -0.2) is 4.79 Å². The number of methoxy groups -OCH3 is 1. The molecule has 0 spiro atoms. The largest absolute Gasteiger partial charge is 0.496 e. The number of halogens is 1. The molecule has 4 heteroatoms. The van der Waals surface area contributed by atoms with Crippen LogP contribution in [-0.4, -0.2) is 7.11 Å². The highest BCUT2D eigenvalue weighted by Gasteiger charge is 2.16. The van der Waals surface area contributed by atoms with Gasteiger partial charge in [0.2, 0.25) is 0 Å². The molecule has 0 aliphatic carbocycles. The fourth-order valence-electron chi connectivity index (χ4n) is 2.24. The first kappa shape index (κ1) is 12.9. The molecule has 0 saturated carbocycles. The summed E-state index contributed by atoms with van der Waals surface area (Å²) in [5.74, 6) is 0.712. The number of fused-ring (bicyclic) bond motifs is 1. The van der Waals surface area contributed by atoms with Crippen molar-refractivity contribution in [1.29, 1.82) is 0 Å². The van der Waals surface area contributed by atoms with E-state index in [9.17, 15) is 4.79 Å². The molecule has 0 N–H and O–H groups in total. The number of para-hydroxylation sites is 2. The summed E-state index contributed by atoms with van der Waals surface area (Å²) in [6, 6.07) is 15.0. The zero-order valence-electron chi connectivity index (χ0n) is 10.7. The van der Waals surface area contributed by atoms with E-state index in [-0.39, 0.29) is 0 Å². The molecule has 0 atom stereocenters. The molecule has 0 bridgehead atoms. The average molecular weight is 331 g/mol. The molecule has 0 fully saturated rings. The molecule has 3 nitrogen and oxygen atoms in total. The van der Waals surface area contributed by atoms with Crippen LogP contribution in [0.25, 0.3) is 22.1 Å². The Morgan fingerprint density at radius 3 is 2.55 bits per heavy atom. The van der Waals surface area contributed by atoms with E-state index in [4.69, 9.17) is 9.15 Å². The summed E-state index contributed by atoms with van der Waals surface area (Å²) in [6.45, 7) is 0. The van der Waals surface area contributed by atoms with Gasteiger partial charge in [0.05, 0.1) is 7.11 Å². The quantitative estimate of drug-likeness (QED) is 0.660. The van der Waals surface area contributed by atoms with Crippen LogP contribution in [0.5, 0.6) is 5.75 Å². The van der Waals surface area contributed by atoms with Gasteiger partial charge in [-0.2, -0.15) is 0 Å². The maximum atomic E-state index is 12.0. The third-order valence-electron chi connectivity index (χ3n) is 3.13. The van der Waals surface area contributed by atoms with E-state index in [1.165, 1.54) is 0 Å². The van der Waals surface area contributed by atoms with Crippen molar-refractivity contribution in [2.45, 2.75) is 0 Å². The molecule has 0 radical (unpaired) electrons. The van der Waals surface area contributed by atoms with Crippen LogP contribution in [0, 0.1) is 0 Å². The Morgan fingerprint density at radius 2 is 1.75 bits per heavy atom. The van der Waals surface area contributed by atoms with Gasteiger partial charge in [-0.1, -0.05) is 36.4 Å². The molecule has 1 aromatic heterocycles. The first-order valence-corrected chi connectivity index (χ1v) is 6.86. The summed E-state index contributed by atoms with van der Waals surface area (Å²) < 4.78 is 11.1. The minimum atomic E-state index is -0.399. The third-order valence-corrected chi connectivity index (χ3v) is 3.85. The predicted octanol–water partition coefficient (Wildman–Crippen LogP) is 4.23. The molecule has 1 heterocycles. The smallest absolute Gasteiger partial charge is 0.351 e. The highest BCUT2D eigenvalue weighted by Crippen LogP contribution is 2.38.